The van der Waals surface area contributed by atoms with Gasteiger partial charge in [0.2, 0.25) is 5.91 Å². The van der Waals surface area contributed by atoms with Crippen LogP contribution in [0, 0.1) is 0 Å². The number of carbonyl (C=O) groups excluding carboxylic acids is 2. The van der Waals surface area contributed by atoms with Gasteiger partial charge < -0.3 is 4.90 Å². The zero-order valence-electron chi connectivity index (χ0n) is 9.75. The lowest BCUT2D eigenvalue weighted by Crippen LogP contribution is -2.35. The van der Waals surface area contributed by atoms with Crippen LogP contribution in [-0.4, -0.2) is 29.7 Å². The van der Waals surface area contributed by atoms with Gasteiger partial charge in [-0.05, 0) is 18.9 Å². The summed E-state index contributed by atoms with van der Waals surface area (Å²) >= 11 is 12.9. The summed E-state index contributed by atoms with van der Waals surface area (Å²) in [5.74, 6) is -0.0864. The molecule has 18 heavy (non-hydrogen) atoms. The third-order valence-corrected chi connectivity index (χ3v) is 4.45. The van der Waals surface area contributed by atoms with E-state index in [0.29, 0.717) is 27.2 Å². The fourth-order valence-electron chi connectivity index (χ4n) is 1.99. The summed E-state index contributed by atoms with van der Waals surface area (Å²) < 4.78 is 0.887. The van der Waals surface area contributed by atoms with E-state index in [1.807, 2.05) is 0 Å². The minimum absolute atomic E-state index is 0.0540. The molecule has 3 nitrogen and oxygen atoms in total. The summed E-state index contributed by atoms with van der Waals surface area (Å²) in [7, 11) is 0. The van der Waals surface area contributed by atoms with Crippen molar-refractivity contribution in [1.82, 2.24) is 4.90 Å². The molecule has 1 saturated heterocycles. The molecule has 2 heterocycles. The first-order valence-corrected chi connectivity index (χ1v) is 7.41. The highest BCUT2D eigenvalue weighted by Crippen LogP contribution is 2.31. The van der Waals surface area contributed by atoms with E-state index >= 15 is 0 Å². The molecule has 0 spiro atoms. The zero-order chi connectivity index (χ0) is 13.1. The molecule has 0 saturated carbocycles. The molecular weight excluding hydrogens is 293 g/mol. The Morgan fingerprint density at radius 3 is 2.78 bits per heavy atom. The SMILES string of the molecule is O=C(CN1CCCCCC1=O)c1cc(Cl)sc1Cl. The monoisotopic (exact) mass is 305 g/mol. The molecule has 6 heteroatoms. The molecule has 0 atom stereocenters. The van der Waals surface area contributed by atoms with Crippen molar-refractivity contribution >= 4 is 46.2 Å². The van der Waals surface area contributed by atoms with Gasteiger partial charge in [-0.25, -0.2) is 0 Å². The van der Waals surface area contributed by atoms with Crippen LogP contribution >= 0.6 is 34.5 Å². The molecule has 0 radical (unpaired) electrons. The Morgan fingerprint density at radius 2 is 2.11 bits per heavy atom. The molecule has 1 aliphatic rings. The Kier molecular flexibility index (Phi) is 4.65. The van der Waals surface area contributed by atoms with Crippen molar-refractivity contribution in [2.75, 3.05) is 13.1 Å². The van der Waals surface area contributed by atoms with Gasteiger partial charge in [0.25, 0.3) is 0 Å². The van der Waals surface area contributed by atoms with Crippen LogP contribution in [0.5, 0.6) is 0 Å². The Hall–Kier alpha value is -0.580. The first-order valence-electron chi connectivity index (χ1n) is 5.83. The molecule has 98 valence electrons. The largest absolute Gasteiger partial charge is 0.335 e. The quantitative estimate of drug-likeness (QED) is 0.800. The summed E-state index contributed by atoms with van der Waals surface area (Å²) in [5, 5.41) is 0. The van der Waals surface area contributed by atoms with Gasteiger partial charge in [-0.3, -0.25) is 9.59 Å². The summed E-state index contributed by atoms with van der Waals surface area (Å²) in [4.78, 5) is 25.5. The molecule has 0 unspecified atom stereocenters. The molecular formula is C12H13Cl2NO2S. The molecule has 1 aromatic heterocycles. The molecule has 1 fully saturated rings. The van der Waals surface area contributed by atoms with Crippen molar-refractivity contribution in [3.63, 3.8) is 0 Å². The Balaban J connectivity index is 2.06. The second-order valence-electron chi connectivity index (χ2n) is 4.29. The summed E-state index contributed by atoms with van der Waals surface area (Å²) in [5.41, 5.74) is 0.420. The minimum atomic E-state index is -0.140. The number of halogens is 2. The number of carbonyl (C=O) groups is 2. The van der Waals surface area contributed by atoms with Crippen LogP contribution in [0.3, 0.4) is 0 Å². The van der Waals surface area contributed by atoms with Crippen molar-refractivity contribution < 1.29 is 9.59 Å². The fourth-order valence-corrected chi connectivity index (χ4v) is 3.49. The number of nitrogens with zero attached hydrogens (tertiary/aromatic N) is 1. The minimum Gasteiger partial charge on any atom is -0.335 e. The highest BCUT2D eigenvalue weighted by molar-refractivity contribution is 7.20. The summed E-state index contributed by atoms with van der Waals surface area (Å²) in [6, 6.07) is 1.57. The number of rotatable bonds is 3. The number of thiophene rings is 1. The summed E-state index contributed by atoms with van der Waals surface area (Å²) in [6.07, 6.45) is 3.44. The van der Waals surface area contributed by atoms with Gasteiger partial charge in [0.05, 0.1) is 16.4 Å². The molecule has 0 aromatic carbocycles. The Morgan fingerprint density at radius 1 is 1.33 bits per heavy atom. The van der Waals surface area contributed by atoms with Crippen LogP contribution in [0.15, 0.2) is 6.07 Å². The van der Waals surface area contributed by atoms with Crippen LogP contribution < -0.4 is 0 Å². The van der Waals surface area contributed by atoms with Gasteiger partial charge in [-0.2, -0.15) is 0 Å². The lowest BCUT2D eigenvalue weighted by atomic mass is 10.2. The Labute approximate surface area is 120 Å². The van der Waals surface area contributed by atoms with Crippen molar-refractivity contribution in [2.24, 2.45) is 0 Å². The van der Waals surface area contributed by atoms with Crippen LogP contribution in [0.1, 0.15) is 36.0 Å². The van der Waals surface area contributed by atoms with E-state index < -0.39 is 0 Å². The molecule has 1 aliphatic heterocycles. The molecule has 2 rings (SSSR count). The van der Waals surface area contributed by atoms with E-state index in [-0.39, 0.29) is 18.2 Å². The van der Waals surface area contributed by atoms with Crippen molar-refractivity contribution in [1.29, 1.82) is 0 Å². The van der Waals surface area contributed by atoms with E-state index in [0.717, 1.165) is 19.3 Å². The maximum atomic E-state index is 12.1. The average Bonchev–Trinajstić information content (AvgIpc) is 2.52. The number of Topliss-reactive ketones (excluding diaryl/α,β-unsaturated/α-hetero) is 1. The first-order chi connectivity index (χ1) is 8.58. The molecule has 0 aliphatic carbocycles. The topological polar surface area (TPSA) is 37.4 Å². The zero-order valence-corrected chi connectivity index (χ0v) is 12.1. The number of hydrogen-bond donors (Lipinski definition) is 0. The number of hydrogen-bond acceptors (Lipinski definition) is 3. The maximum absolute atomic E-state index is 12.1. The molecule has 0 N–H and O–H groups in total. The smallest absolute Gasteiger partial charge is 0.222 e. The highest BCUT2D eigenvalue weighted by atomic mass is 35.5. The van der Waals surface area contributed by atoms with E-state index in [1.54, 1.807) is 11.0 Å². The van der Waals surface area contributed by atoms with Crippen molar-refractivity contribution in [2.45, 2.75) is 25.7 Å². The Bertz CT molecular complexity index is 473. The second kappa shape index (κ2) is 6.04. The lowest BCUT2D eigenvalue weighted by molar-refractivity contribution is -0.130. The fraction of sp³-hybridized carbons (Fsp3) is 0.500. The third kappa shape index (κ3) is 3.25. The van der Waals surface area contributed by atoms with Crippen LogP contribution in [0.4, 0.5) is 0 Å². The standard InChI is InChI=1S/C12H13Cl2NO2S/c13-10-6-8(12(14)18-10)9(16)7-15-5-3-1-2-4-11(15)17/h6H,1-5,7H2. The van der Waals surface area contributed by atoms with Crippen LogP contribution in [-0.2, 0) is 4.79 Å². The highest BCUT2D eigenvalue weighted by Gasteiger charge is 2.22. The van der Waals surface area contributed by atoms with Crippen molar-refractivity contribution in [3.8, 4) is 0 Å². The van der Waals surface area contributed by atoms with Gasteiger partial charge in [0.1, 0.15) is 4.34 Å². The van der Waals surface area contributed by atoms with E-state index in [4.69, 9.17) is 23.2 Å². The number of likely N-dealkylation sites (tertiary alicyclic amines) is 1. The van der Waals surface area contributed by atoms with Gasteiger partial charge in [-0.15, -0.1) is 11.3 Å². The predicted octanol–water partition coefficient (Wildman–Crippen LogP) is 3.64. The lowest BCUT2D eigenvalue weighted by Gasteiger charge is -2.19. The second-order valence-corrected chi connectivity index (χ2v) is 6.57. The predicted molar refractivity (Wildman–Crippen MR) is 73.7 cm³/mol. The van der Waals surface area contributed by atoms with Gasteiger partial charge in [0, 0.05) is 13.0 Å². The van der Waals surface area contributed by atoms with E-state index in [9.17, 15) is 9.59 Å². The molecule has 0 bridgehead atoms. The maximum Gasteiger partial charge on any atom is 0.222 e. The van der Waals surface area contributed by atoms with Crippen LogP contribution in [0.2, 0.25) is 8.67 Å². The van der Waals surface area contributed by atoms with Crippen molar-refractivity contribution in [3.05, 3.63) is 20.3 Å². The van der Waals surface area contributed by atoms with E-state index in [2.05, 4.69) is 0 Å². The third-order valence-electron chi connectivity index (χ3n) is 2.96. The van der Waals surface area contributed by atoms with Gasteiger partial charge >= 0.3 is 0 Å². The van der Waals surface area contributed by atoms with Gasteiger partial charge in [-0.1, -0.05) is 29.6 Å². The average molecular weight is 306 g/mol. The van der Waals surface area contributed by atoms with E-state index in [1.165, 1.54) is 11.3 Å². The normalized spacial score (nSPS) is 16.8. The molecule has 1 amide bonds. The van der Waals surface area contributed by atoms with Crippen LogP contribution in [0.25, 0.3) is 0 Å². The van der Waals surface area contributed by atoms with Gasteiger partial charge in [0.15, 0.2) is 5.78 Å². The number of ketones is 1. The first kappa shape index (κ1) is 13.8. The number of amides is 1. The molecule has 1 aromatic rings. The summed E-state index contributed by atoms with van der Waals surface area (Å²) in [6.45, 7) is 0.756.